The van der Waals surface area contributed by atoms with Gasteiger partial charge in [0.05, 0.1) is 5.41 Å². The van der Waals surface area contributed by atoms with Crippen LogP contribution in [0, 0.1) is 5.41 Å². The molecule has 0 spiro atoms. The van der Waals surface area contributed by atoms with Crippen molar-refractivity contribution in [1.29, 1.82) is 0 Å². The van der Waals surface area contributed by atoms with Crippen LogP contribution in [-0.4, -0.2) is 75.1 Å². The van der Waals surface area contributed by atoms with Gasteiger partial charge in [0.1, 0.15) is 0 Å². The number of carbonyl (C=O) groups is 1. The normalized spacial score (nSPS) is 23.9. The Labute approximate surface area is 129 Å². The fourth-order valence-corrected chi connectivity index (χ4v) is 3.41. The summed E-state index contributed by atoms with van der Waals surface area (Å²) in [5, 5.41) is 6.54. The van der Waals surface area contributed by atoms with E-state index in [1.54, 1.807) is 0 Å². The van der Waals surface area contributed by atoms with Gasteiger partial charge in [0.2, 0.25) is 5.91 Å². The lowest BCUT2D eigenvalue weighted by Crippen LogP contribution is -2.48. The smallest absolute Gasteiger partial charge is 0.226 e. The second kappa shape index (κ2) is 8.11. The van der Waals surface area contributed by atoms with Crippen LogP contribution in [-0.2, 0) is 4.79 Å². The minimum atomic E-state index is -0.112. The van der Waals surface area contributed by atoms with Gasteiger partial charge in [0.25, 0.3) is 0 Å². The monoisotopic (exact) mass is 296 g/mol. The standard InChI is InChI=1S/C16H32N4O/c1-3-16(5-8-17-9-6-16)15(21)18-7-4-10-20-13-11-19(2)12-14-20/h17H,3-14H2,1-2H3,(H,18,21). The molecule has 0 aliphatic carbocycles. The number of piperazine rings is 1. The maximum absolute atomic E-state index is 12.5. The molecule has 2 aliphatic heterocycles. The number of hydrogen-bond acceptors (Lipinski definition) is 4. The average molecular weight is 296 g/mol. The zero-order valence-corrected chi connectivity index (χ0v) is 13.8. The Morgan fingerprint density at radius 1 is 1.19 bits per heavy atom. The molecule has 2 saturated heterocycles. The van der Waals surface area contributed by atoms with Crippen molar-refractivity contribution in [3.8, 4) is 0 Å². The van der Waals surface area contributed by atoms with E-state index in [9.17, 15) is 4.79 Å². The van der Waals surface area contributed by atoms with E-state index in [0.717, 1.165) is 78.0 Å². The van der Waals surface area contributed by atoms with Crippen molar-refractivity contribution in [3.05, 3.63) is 0 Å². The van der Waals surface area contributed by atoms with Gasteiger partial charge in [0, 0.05) is 32.7 Å². The SMILES string of the molecule is CCC1(C(=O)NCCCN2CCN(C)CC2)CCNCC1. The summed E-state index contributed by atoms with van der Waals surface area (Å²) in [4.78, 5) is 17.4. The Morgan fingerprint density at radius 2 is 1.86 bits per heavy atom. The van der Waals surface area contributed by atoms with Gasteiger partial charge in [-0.15, -0.1) is 0 Å². The van der Waals surface area contributed by atoms with Crippen molar-refractivity contribution >= 4 is 5.91 Å². The van der Waals surface area contributed by atoms with Gasteiger partial charge in [-0.1, -0.05) is 6.92 Å². The summed E-state index contributed by atoms with van der Waals surface area (Å²) < 4.78 is 0. The molecule has 0 radical (unpaired) electrons. The van der Waals surface area contributed by atoms with E-state index in [0.29, 0.717) is 0 Å². The van der Waals surface area contributed by atoms with Crippen molar-refractivity contribution in [2.75, 3.05) is 59.4 Å². The number of piperidine rings is 1. The molecule has 2 fully saturated rings. The van der Waals surface area contributed by atoms with Crippen molar-refractivity contribution in [2.24, 2.45) is 5.41 Å². The van der Waals surface area contributed by atoms with E-state index in [2.05, 4.69) is 34.4 Å². The molecule has 0 aromatic rings. The molecule has 122 valence electrons. The lowest BCUT2D eigenvalue weighted by molar-refractivity contribution is -0.132. The Hall–Kier alpha value is -0.650. The van der Waals surface area contributed by atoms with Gasteiger partial charge in [-0.3, -0.25) is 4.79 Å². The predicted octanol–water partition coefficient (Wildman–Crippen LogP) is 0.520. The van der Waals surface area contributed by atoms with Crippen molar-refractivity contribution < 1.29 is 4.79 Å². The molecule has 0 aromatic carbocycles. The molecule has 2 N–H and O–H groups in total. The largest absolute Gasteiger partial charge is 0.356 e. The van der Waals surface area contributed by atoms with E-state index < -0.39 is 0 Å². The van der Waals surface area contributed by atoms with E-state index in [-0.39, 0.29) is 11.3 Å². The fourth-order valence-electron chi connectivity index (χ4n) is 3.41. The van der Waals surface area contributed by atoms with E-state index >= 15 is 0 Å². The first-order valence-corrected chi connectivity index (χ1v) is 8.56. The minimum Gasteiger partial charge on any atom is -0.356 e. The molecular weight excluding hydrogens is 264 g/mol. The maximum Gasteiger partial charge on any atom is 0.226 e. The summed E-state index contributed by atoms with van der Waals surface area (Å²) in [6.07, 6.45) is 3.98. The van der Waals surface area contributed by atoms with E-state index in [1.807, 2.05) is 0 Å². The Morgan fingerprint density at radius 3 is 2.48 bits per heavy atom. The molecule has 5 heteroatoms. The lowest BCUT2D eigenvalue weighted by Gasteiger charge is -2.35. The second-order valence-corrected chi connectivity index (χ2v) is 6.64. The Balaban J connectivity index is 1.64. The summed E-state index contributed by atoms with van der Waals surface area (Å²) in [6, 6.07) is 0. The highest BCUT2D eigenvalue weighted by molar-refractivity contribution is 5.82. The van der Waals surface area contributed by atoms with Crippen LogP contribution in [0.25, 0.3) is 0 Å². The lowest BCUT2D eigenvalue weighted by atomic mass is 9.76. The van der Waals surface area contributed by atoms with Gasteiger partial charge in [-0.2, -0.15) is 0 Å². The number of carbonyl (C=O) groups excluding carboxylic acids is 1. The number of rotatable bonds is 6. The minimum absolute atomic E-state index is 0.112. The Bertz CT molecular complexity index is 320. The topological polar surface area (TPSA) is 47.6 Å². The van der Waals surface area contributed by atoms with Crippen molar-refractivity contribution in [2.45, 2.75) is 32.6 Å². The van der Waals surface area contributed by atoms with Gasteiger partial charge >= 0.3 is 0 Å². The molecule has 0 bridgehead atoms. The van der Waals surface area contributed by atoms with Crippen molar-refractivity contribution in [3.63, 3.8) is 0 Å². The summed E-state index contributed by atoms with van der Waals surface area (Å²) >= 11 is 0. The molecule has 21 heavy (non-hydrogen) atoms. The Kier molecular flexibility index (Phi) is 6.45. The van der Waals surface area contributed by atoms with Gasteiger partial charge < -0.3 is 20.4 Å². The summed E-state index contributed by atoms with van der Waals surface area (Å²) in [5.41, 5.74) is -0.112. The second-order valence-electron chi connectivity index (χ2n) is 6.64. The van der Waals surface area contributed by atoms with Crippen molar-refractivity contribution in [1.82, 2.24) is 20.4 Å². The molecule has 5 nitrogen and oxygen atoms in total. The number of amides is 1. The summed E-state index contributed by atoms with van der Waals surface area (Å²) in [5.74, 6) is 0.282. The van der Waals surface area contributed by atoms with Crippen LogP contribution in [0.15, 0.2) is 0 Å². The van der Waals surface area contributed by atoms with Crippen LogP contribution in [0.1, 0.15) is 32.6 Å². The van der Waals surface area contributed by atoms with E-state index in [1.165, 1.54) is 0 Å². The average Bonchev–Trinajstić information content (AvgIpc) is 2.53. The number of nitrogens with one attached hydrogen (secondary N) is 2. The van der Waals surface area contributed by atoms with Crippen LogP contribution in [0.4, 0.5) is 0 Å². The van der Waals surface area contributed by atoms with Crippen LogP contribution in [0.2, 0.25) is 0 Å². The number of hydrogen-bond donors (Lipinski definition) is 2. The molecule has 1 amide bonds. The highest BCUT2D eigenvalue weighted by Gasteiger charge is 2.37. The third kappa shape index (κ3) is 4.66. The van der Waals surface area contributed by atoms with Crippen LogP contribution in [0.5, 0.6) is 0 Å². The first-order valence-electron chi connectivity index (χ1n) is 8.56. The van der Waals surface area contributed by atoms with Crippen LogP contribution < -0.4 is 10.6 Å². The molecule has 0 atom stereocenters. The zero-order valence-electron chi connectivity index (χ0n) is 13.8. The molecule has 2 rings (SSSR count). The predicted molar refractivity (Wildman–Crippen MR) is 86.4 cm³/mol. The van der Waals surface area contributed by atoms with Gasteiger partial charge in [-0.25, -0.2) is 0 Å². The third-order valence-electron chi connectivity index (χ3n) is 5.25. The summed E-state index contributed by atoms with van der Waals surface area (Å²) in [6.45, 7) is 10.7. The summed E-state index contributed by atoms with van der Waals surface area (Å²) in [7, 11) is 2.18. The van der Waals surface area contributed by atoms with Gasteiger partial charge in [-0.05, 0) is 52.4 Å². The highest BCUT2D eigenvalue weighted by Crippen LogP contribution is 2.32. The first kappa shape index (κ1) is 16.7. The molecule has 2 heterocycles. The molecule has 0 saturated carbocycles. The molecular formula is C16H32N4O. The van der Waals surface area contributed by atoms with Crippen LogP contribution >= 0.6 is 0 Å². The number of nitrogens with zero attached hydrogens (tertiary/aromatic N) is 2. The fraction of sp³-hybridized carbons (Fsp3) is 0.938. The maximum atomic E-state index is 12.5. The third-order valence-corrected chi connectivity index (χ3v) is 5.25. The van der Waals surface area contributed by atoms with E-state index in [4.69, 9.17) is 0 Å². The highest BCUT2D eigenvalue weighted by atomic mass is 16.2. The quantitative estimate of drug-likeness (QED) is 0.702. The first-order chi connectivity index (χ1) is 10.2. The van der Waals surface area contributed by atoms with Gasteiger partial charge in [0.15, 0.2) is 0 Å². The zero-order chi connectivity index (χ0) is 15.1. The number of likely N-dealkylation sites (N-methyl/N-ethyl adjacent to an activating group) is 1. The molecule has 0 unspecified atom stereocenters. The molecule has 2 aliphatic rings. The molecule has 0 aromatic heterocycles. The van der Waals surface area contributed by atoms with Crippen LogP contribution in [0.3, 0.4) is 0 Å².